The second-order valence-corrected chi connectivity index (χ2v) is 10.5. The molecule has 0 bridgehead atoms. The molecule has 4 heterocycles. The summed E-state index contributed by atoms with van der Waals surface area (Å²) in [5, 5.41) is 0. The number of nitrogens with zero attached hydrogens (tertiary/aromatic N) is 5. The van der Waals surface area contributed by atoms with Crippen molar-refractivity contribution in [1.29, 1.82) is 0 Å². The summed E-state index contributed by atoms with van der Waals surface area (Å²) in [7, 11) is 8.33. The summed E-state index contributed by atoms with van der Waals surface area (Å²) in [5.74, 6) is 0. The highest BCUT2D eigenvalue weighted by Gasteiger charge is 2.36. The fourth-order valence-corrected chi connectivity index (χ4v) is 3.89. The largest absolute Gasteiger partial charge is 0.381 e. The molecule has 7 heteroatoms. The maximum Gasteiger partial charge on any atom is 0.0928 e. The zero-order chi connectivity index (χ0) is 26.6. The fraction of sp³-hybridized carbons (Fsp3) is 0.655. The number of hydrogen-bond acceptors (Lipinski definition) is 7. The van der Waals surface area contributed by atoms with Gasteiger partial charge in [0.2, 0.25) is 0 Å². The van der Waals surface area contributed by atoms with E-state index in [0.717, 1.165) is 57.3 Å². The molecule has 0 spiro atoms. The predicted octanol–water partition coefficient (Wildman–Crippen LogP) is 4.68. The van der Waals surface area contributed by atoms with Gasteiger partial charge in [0.1, 0.15) is 0 Å². The summed E-state index contributed by atoms with van der Waals surface area (Å²) in [6, 6.07) is 10.4. The lowest BCUT2D eigenvalue weighted by Gasteiger charge is -2.45. The van der Waals surface area contributed by atoms with Gasteiger partial charge in [-0.05, 0) is 92.5 Å². The summed E-state index contributed by atoms with van der Waals surface area (Å²) in [5.41, 5.74) is 4.60. The van der Waals surface area contributed by atoms with Gasteiger partial charge in [0.25, 0.3) is 0 Å². The molecule has 0 aliphatic carbocycles. The second kappa shape index (κ2) is 15.3. The van der Waals surface area contributed by atoms with Crippen molar-refractivity contribution in [2.24, 2.45) is 0 Å². The number of pyridine rings is 2. The molecule has 0 aromatic carbocycles. The number of anilines is 1. The van der Waals surface area contributed by atoms with Crippen molar-refractivity contribution in [3.05, 3.63) is 53.6 Å². The van der Waals surface area contributed by atoms with Crippen LogP contribution in [0.3, 0.4) is 0 Å². The molecule has 0 saturated carbocycles. The molecule has 7 nitrogen and oxygen atoms in total. The Labute approximate surface area is 221 Å². The van der Waals surface area contributed by atoms with Crippen LogP contribution in [0.1, 0.15) is 52.1 Å². The first-order chi connectivity index (χ1) is 17.1. The van der Waals surface area contributed by atoms with Crippen LogP contribution >= 0.6 is 0 Å². The topological polar surface area (TPSA) is 54.0 Å². The normalized spacial score (nSPS) is 17.9. The molecule has 2 aliphatic heterocycles. The Morgan fingerprint density at radius 1 is 1.03 bits per heavy atom. The molecule has 2 fully saturated rings. The zero-order valence-electron chi connectivity index (χ0n) is 24.0. The van der Waals surface area contributed by atoms with Gasteiger partial charge in [-0.15, -0.1) is 0 Å². The number of aryl methyl sites for hydroxylation is 2. The van der Waals surface area contributed by atoms with Crippen LogP contribution in [0, 0.1) is 6.92 Å². The molecule has 1 atom stereocenters. The number of likely N-dealkylation sites (N-methyl/N-ethyl adjacent to an activating group) is 1. The minimum atomic E-state index is 0. The van der Waals surface area contributed by atoms with Crippen molar-refractivity contribution in [1.82, 2.24) is 19.8 Å². The van der Waals surface area contributed by atoms with E-state index in [0.29, 0.717) is 0 Å². The molecule has 36 heavy (non-hydrogen) atoms. The van der Waals surface area contributed by atoms with Crippen LogP contribution < -0.4 is 4.90 Å². The fourth-order valence-electron chi connectivity index (χ4n) is 3.89. The van der Waals surface area contributed by atoms with Gasteiger partial charge in [-0.2, -0.15) is 0 Å². The van der Waals surface area contributed by atoms with Crippen molar-refractivity contribution >= 4 is 5.69 Å². The van der Waals surface area contributed by atoms with Gasteiger partial charge >= 0.3 is 0 Å². The summed E-state index contributed by atoms with van der Waals surface area (Å²) < 4.78 is 10.9. The van der Waals surface area contributed by atoms with Crippen LogP contribution in [0.15, 0.2) is 36.5 Å². The maximum absolute atomic E-state index is 5.98. The van der Waals surface area contributed by atoms with Crippen LogP contribution in [0.4, 0.5) is 5.69 Å². The molecule has 0 N–H and O–H groups in total. The van der Waals surface area contributed by atoms with Crippen LogP contribution in [0.5, 0.6) is 0 Å². The third-order valence-electron chi connectivity index (χ3n) is 6.80. The van der Waals surface area contributed by atoms with E-state index in [-0.39, 0.29) is 13.1 Å². The molecule has 0 amide bonds. The SMILES string of the molecule is C1CCOC1.CCc1cccc(CN(C)C)n1.Cc1ccc(N2CCO[C@@H](C(C)(C)N(C)C)C2)cn1.[HH]. The summed E-state index contributed by atoms with van der Waals surface area (Å²) in [4.78, 5) is 15.6. The molecular formula is C29H51N5O2. The highest BCUT2D eigenvalue weighted by Crippen LogP contribution is 2.25. The van der Waals surface area contributed by atoms with Crippen LogP contribution in [0.2, 0.25) is 0 Å². The minimum Gasteiger partial charge on any atom is -0.381 e. The first-order valence-electron chi connectivity index (χ1n) is 13.3. The molecule has 2 aliphatic rings. The maximum atomic E-state index is 5.98. The number of aromatic nitrogens is 2. The average Bonchev–Trinajstić information content (AvgIpc) is 3.45. The Kier molecular flexibility index (Phi) is 12.8. The Balaban J connectivity index is 0.000000323. The molecule has 0 radical (unpaired) electrons. The van der Waals surface area contributed by atoms with E-state index < -0.39 is 0 Å². The second-order valence-electron chi connectivity index (χ2n) is 10.5. The number of ether oxygens (including phenoxy) is 2. The monoisotopic (exact) mass is 501 g/mol. The van der Waals surface area contributed by atoms with Gasteiger partial charge in [0.05, 0.1) is 30.3 Å². The van der Waals surface area contributed by atoms with Crippen LogP contribution in [0.25, 0.3) is 0 Å². The Hall–Kier alpha value is -2.06. The molecule has 204 valence electrons. The standard InChI is InChI=1S/C15H25N3O.C10H16N2.C4H8O.H2/c1-12-6-7-13(10-16-12)18-8-9-19-14(11-18)15(2,3)17(4)5;1-4-9-6-5-7-10(11-9)8-12(2)3;1-2-4-5-3-1;/h6-7,10,14H,8-9,11H2,1-5H3;5-7H,4,8H2,1-3H3;1-4H2;1H/t14-;;;/m1.../s1. The van der Waals surface area contributed by atoms with E-state index in [4.69, 9.17) is 9.47 Å². The lowest BCUT2D eigenvalue weighted by atomic mass is 9.94. The first-order valence-corrected chi connectivity index (χ1v) is 13.3. The van der Waals surface area contributed by atoms with Crippen molar-refractivity contribution in [3.63, 3.8) is 0 Å². The molecule has 2 saturated heterocycles. The number of rotatable bonds is 6. The van der Waals surface area contributed by atoms with Crippen molar-refractivity contribution in [2.75, 3.05) is 66.0 Å². The third kappa shape index (κ3) is 10.1. The highest BCUT2D eigenvalue weighted by atomic mass is 16.5. The predicted molar refractivity (Wildman–Crippen MR) is 152 cm³/mol. The van der Waals surface area contributed by atoms with Crippen LogP contribution in [-0.4, -0.2) is 92.5 Å². The lowest BCUT2D eigenvalue weighted by Crippen LogP contribution is -2.57. The Morgan fingerprint density at radius 2 is 1.72 bits per heavy atom. The summed E-state index contributed by atoms with van der Waals surface area (Å²) in [6.45, 7) is 14.1. The van der Waals surface area contributed by atoms with Gasteiger partial charge in [-0.3, -0.25) is 9.97 Å². The lowest BCUT2D eigenvalue weighted by molar-refractivity contribution is -0.0484. The zero-order valence-corrected chi connectivity index (χ0v) is 24.0. The van der Waals surface area contributed by atoms with E-state index in [1.807, 2.05) is 13.1 Å². The number of hydrogen-bond donors (Lipinski definition) is 0. The average molecular weight is 502 g/mol. The van der Waals surface area contributed by atoms with Gasteiger partial charge < -0.3 is 24.2 Å². The quantitative estimate of drug-likeness (QED) is 0.569. The van der Waals surface area contributed by atoms with Crippen molar-refractivity contribution < 1.29 is 10.9 Å². The van der Waals surface area contributed by atoms with Crippen LogP contribution in [-0.2, 0) is 22.4 Å². The van der Waals surface area contributed by atoms with E-state index in [2.05, 4.69) is 104 Å². The van der Waals surface area contributed by atoms with Crippen molar-refractivity contribution in [3.8, 4) is 0 Å². The molecule has 0 unspecified atom stereocenters. The third-order valence-corrected chi connectivity index (χ3v) is 6.80. The Bertz CT molecular complexity index is 865. The minimum absolute atomic E-state index is 0. The summed E-state index contributed by atoms with van der Waals surface area (Å²) in [6.07, 6.45) is 5.74. The van der Waals surface area contributed by atoms with E-state index in [1.54, 1.807) is 0 Å². The molecule has 4 rings (SSSR count). The van der Waals surface area contributed by atoms with Gasteiger partial charge in [-0.1, -0.05) is 13.0 Å². The van der Waals surface area contributed by atoms with Crippen molar-refractivity contribution in [2.45, 2.75) is 65.1 Å². The van der Waals surface area contributed by atoms with Gasteiger partial charge in [0, 0.05) is 51.2 Å². The van der Waals surface area contributed by atoms with E-state index in [1.165, 1.54) is 24.2 Å². The van der Waals surface area contributed by atoms with Gasteiger partial charge in [-0.25, -0.2) is 0 Å². The smallest absolute Gasteiger partial charge is 0.0928 e. The molecule has 2 aromatic rings. The molecular weight excluding hydrogens is 450 g/mol. The van der Waals surface area contributed by atoms with Gasteiger partial charge in [0.15, 0.2) is 0 Å². The number of morpholine rings is 1. The van der Waals surface area contributed by atoms with E-state index >= 15 is 0 Å². The Morgan fingerprint density at radius 3 is 2.25 bits per heavy atom. The highest BCUT2D eigenvalue weighted by molar-refractivity contribution is 5.45. The van der Waals surface area contributed by atoms with E-state index in [9.17, 15) is 0 Å². The molecule has 2 aromatic heterocycles. The summed E-state index contributed by atoms with van der Waals surface area (Å²) >= 11 is 0. The first kappa shape index (κ1) is 30.2.